The molecule has 1 aromatic carbocycles. The van der Waals surface area contributed by atoms with E-state index in [0.717, 1.165) is 41.3 Å². The lowest BCUT2D eigenvalue weighted by atomic mass is 10.1. The van der Waals surface area contributed by atoms with Gasteiger partial charge in [-0.25, -0.2) is 9.78 Å². The molecule has 1 saturated heterocycles. The molecule has 3 aromatic rings. The van der Waals surface area contributed by atoms with Crippen LogP contribution in [-0.2, 0) is 0 Å². The van der Waals surface area contributed by atoms with Crippen LogP contribution in [-0.4, -0.2) is 49.2 Å². The Morgan fingerprint density at radius 2 is 1.96 bits per heavy atom. The number of ether oxygens (including phenoxy) is 1. The number of piperazine rings is 1. The molecule has 1 fully saturated rings. The highest BCUT2D eigenvalue weighted by molar-refractivity contribution is 7.17. The Labute approximate surface area is 168 Å². The van der Waals surface area contributed by atoms with Gasteiger partial charge in [0.15, 0.2) is 0 Å². The van der Waals surface area contributed by atoms with Crippen molar-refractivity contribution in [2.45, 2.75) is 0 Å². The van der Waals surface area contributed by atoms with Gasteiger partial charge in [-0.15, -0.1) is 23.7 Å². The van der Waals surface area contributed by atoms with Crippen molar-refractivity contribution >= 4 is 45.7 Å². The molecular formula is C19H21ClN4O2S. The van der Waals surface area contributed by atoms with Crippen LogP contribution < -0.4 is 15.4 Å². The summed E-state index contributed by atoms with van der Waals surface area (Å²) < 4.78 is 6.51. The van der Waals surface area contributed by atoms with Crippen molar-refractivity contribution in [1.29, 1.82) is 0 Å². The van der Waals surface area contributed by atoms with E-state index in [-0.39, 0.29) is 18.4 Å². The summed E-state index contributed by atoms with van der Waals surface area (Å²) in [4.78, 5) is 20.2. The number of benzene rings is 1. The molecule has 0 aliphatic carbocycles. The molecule has 0 unspecified atom stereocenters. The average Bonchev–Trinajstić information content (AvgIpc) is 3.16. The lowest BCUT2D eigenvalue weighted by Crippen LogP contribution is -2.50. The van der Waals surface area contributed by atoms with Gasteiger partial charge in [-0.3, -0.25) is 0 Å². The Morgan fingerprint density at radius 1 is 1.19 bits per heavy atom. The number of thiophene rings is 1. The molecule has 2 amide bonds. The van der Waals surface area contributed by atoms with Gasteiger partial charge in [0.05, 0.1) is 28.7 Å². The van der Waals surface area contributed by atoms with Crippen LogP contribution in [0.5, 0.6) is 5.75 Å². The maximum absolute atomic E-state index is 11.4. The standard InChI is InChI=1S/C19H20N4O2S.ClH/c1-25-14-4-2-3-13(11-14)16-12-17(18-15(21-16)5-10-26-18)22-6-8-23(9-7-22)19(20)24;/h2-5,10-12H,6-9H2,1H3,(H2,20,24);1H. The van der Waals surface area contributed by atoms with Crippen molar-refractivity contribution in [3.05, 3.63) is 41.8 Å². The minimum Gasteiger partial charge on any atom is -0.497 e. The van der Waals surface area contributed by atoms with E-state index in [1.807, 2.05) is 30.3 Å². The van der Waals surface area contributed by atoms with Crippen LogP contribution in [0.4, 0.5) is 10.5 Å². The number of methoxy groups -OCH3 is 1. The molecule has 0 atom stereocenters. The van der Waals surface area contributed by atoms with Crippen LogP contribution in [0.15, 0.2) is 41.8 Å². The maximum atomic E-state index is 11.4. The molecular weight excluding hydrogens is 384 g/mol. The number of hydrogen-bond acceptors (Lipinski definition) is 5. The van der Waals surface area contributed by atoms with Gasteiger partial charge < -0.3 is 20.3 Å². The third-order valence-corrected chi connectivity index (χ3v) is 5.62. The zero-order valence-electron chi connectivity index (χ0n) is 14.9. The second-order valence-corrected chi connectivity index (χ2v) is 7.12. The summed E-state index contributed by atoms with van der Waals surface area (Å²) in [6, 6.07) is 11.8. The Balaban J connectivity index is 0.00000210. The van der Waals surface area contributed by atoms with Crippen LogP contribution in [0, 0.1) is 0 Å². The first-order valence-electron chi connectivity index (χ1n) is 8.48. The number of nitrogens with zero attached hydrogens (tertiary/aromatic N) is 3. The summed E-state index contributed by atoms with van der Waals surface area (Å²) in [5.74, 6) is 0.811. The zero-order valence-corrected chi connectivity index (χ0v) is 16.6. The number of primary amides is 1. The van der Waals surface area contributed by atoms with Gasteiger partial charge in [0, 0.05) is 31.7 Å². The molecule has 0 saturated carbocycles. The van der Waals surface area contributed by atoms with Crippen molar-refractivity contribution in [3.63, 3.8) is 0 Å². The van der Waals surface area contributed by atoms with Gasteiger partial charge in [0.25, 0.3) is 0 Å². The molecule has 1 aliphatic heterocycles. The number of hydrogen-bond donors (Lipinski definition) is 1. The maximum Gasteiger partial charge on any atom is 0.314 e. The molecule has 0 spiro atoms. The third-order valence-electron chi connectivity index (χ3n) is 4.69. The van der Waals surface area contributed by atoms with E-state index in [2.05, 4.69) is 16.3 Å². The predicted octanol–water partition coefficient (Wildman–Crippen LogP) is 3.59. The van der Waals surface area contributed by atoms with Crippen LogP contribution in [0.1, 0.15) is 0 Å². The fourth-order valence-corrected chi connectivity index (χ4v) is 4.15. The monoisotopic (exact) mass is 404 g/mol. The highest BCUT2D eigenvalue weighted by atomic mass is 35.5. The van der Waals surface area contributed by atoms with Gasteiger partial charge in [0.1, 0.15) is 5.75 Å². The molecule has 6 nitrogen and oxygen atoms in total. The molecule has 2 N–H and O–H groups in total. The second kappa shape index (κ2) is 8.02. The van der Waals surface area contributed by atoms with Crippen molar-refractivity contribution in [2.24, 2.45) is 5.73 Å². The van der Waals surface area contributed by atoms with E-state index in [0.29, 0.717) is 13.1 Å². The van der Waals surface area contributed by atoms with Gasteiger partial charge >= 0.3 is 6.03 Å². The number of rotatable bonds is 3. The van der Waals surface area contributed by atoms with Crippen LogP contribution in [0.25, 0.3) is 21.5 Å². The highest BCUT2D eigenvalue weighted by Gasteiger charge is 2.22. The number of carbonyl (C=O) groups is 1. The quantitative estimate of drug-likeness (QED) is 0.724. The minimum atomic E-state index is -0.349. The Hall–Kier alpha value is -2.51. The first-order chi connectivity index (χ1) is 12.7. The molecule has 8 heteroatoms. The third kappa shape index (κ3) is 3.79. The van der Waals surface area contributed by atoms with Crippen molar-refractivity contribution in [3.8, 4) is 17.0 Å². The van der Waals surface area contributed by atoms with Gasteiger partial charge in [-0.05, 0) is 29.6 Å². The van der Waals surface area contributed by atoms with E-state index in [1.54, 1.807) is 23.3 Å². The van der Waals surface area contributed by atoms with Gasteiger partial charge in [-0.1, -0.05) is 12.1 Å². The van der Waals surface area contributed by atoms with Crippen molar-refractivity contribution in [2.75, 3.05) is 38.2 Å². The Bertz CT molecular complexity index is 954. The first kappa shape index (κ1) is 19.3. The fourth-order valence-electron chi connectivity index (χ4n) is 3.27. The summed E-state index contributed by atoms with van der Waals surface area (Å²) in [6.45, 7) is 2.80. The van der Waals surface area contributed by atoms with E-state index in [4.69, 9.17) is 15.5 Å². The summed E-state index contributed by atoms with van der Waals surface area (Å²) in [7, 11) is 1.66. The molecule has 142 valence electrons. The smallest absolute Gasteiger partial charge is 0.314 e. The summed E-state index contributed by atoms with van der Waals surface area (Å²) in [6.07, 6.45) is 0. The Kier molecular flexibility index (Phi) is 5.72. The zero-order chi connectivity index (χ0) is 18.1. The van der Waals surface area contributed by atoms with Crippen molar-refractivity contribution < 1.29 is 9.53 Å². The number of pyridine rings is 1. The topological polar surface area (TPSA) is 71.7 Å². The number of carbonyl (C=O) groups excluding carboxylic acids is 1. The molecule has 4 rings (SSSR count). The molecule has 27 heavy (non-hydrogen) atoms. The molecule has 0 radical (unpaired) electrons. The lowest BCUT2D eigenvalue weighted by molar-refractivity contribution is 0.204. The van der Waals surface area contributed by atoms with E-state index in [9.17, 15) is 4.79 Å². The number of amides is 2. The minimum absolute atomic E-state index is 0. The second-order valence-electron chi connectivity index (χ2n) is 6.21. The van der Waals surface area contributed by atoms with Crippen molar-refractivity contribution in [1.82, 2.24) is 9.88 Å². The fraction of sp³-hybridized carbons (Fsp3) is 0.263. The van der Waals surface area contributed by atoms with Crippen LogP contribution in [0.3, 0.4) is 0 Å². The van der Waals surface area contributed by atoms with E-state index in [1.165, 1.54) is 4.70 Å². The number of urea groups is 1. The average molecular weight is 405 g/mol. The normalized spacial score (nSPS) is 14.1. The highest BCUT2D eigenvalue weighted by Crippen LogP contribution is 2.35. The number of halogens is 1. The Morgan fingerprint density at radius 3 is 2.67 bits per heavy atom. The van der Waals surface area contributed by atoms with Crippen LogP contribution in [0.2, 0.25) is 0 Å². The molecule has 1 aliphatic rings. The van der Waals surface area contributed by atoms with E-state index < -0.39 is 0 Å². The molecule has 3 heterocycles. The van der Waals surface area contributed by atoms with Gasteiger partial charge in [-0.2, -0.15) is 0 Å². The summed E-state index contributed by atoms with van der Waals surface area (Å²) >= 11 is 1.69. The number of fused-ring (bicyclic) bond motifs is 1. The number of nitrogens with two attached hydrogens (primary N) is 1. The van der Waals surface area contributed by atoms with E-state index >= 15 is 0 Å². The van der Waals surface area contributed by atoms with Gasteiger partial charge in [0.2, 0.25) is 0 Å². The van der Waals surface area contributed by atoms with Crippen LogP contribution >= 0.6 is 23.7 Å². The SMILES string of the molecule is COc1cccc(-c2cc(N3CCN(C(N)=O)CC3)c3sccc3n2)c1.Cl. The number of anilines is 1. The summed E-state index contributed by atoms with van der Waals surface area (Å²) in [5, 5.41) is 2.07. The molecule has 0 bridgehead atoms. The summed E-state index contributed by atoms with van der Waals surface area (Å²) in [5.41, 5.74) is 9.49. The largest absolute Gasteiger partial charge is 0.497 e. The lowest BCUT2D eigenvalue weighted by Gasteiger charge is -2.35. The molecule has 2 aromatic heterocycles. The predicted molar refractivity (Wildman–Crippen MR) is 112 cm³/mol. The number of aromatic nitrogens is 1. The first-order valence-corrected chi connectivity index (χ1v) is 9.35.